The van der Waals surface area contributed by atoms with Crippen LogP contribution in [0.15, 0.2) is 17.4 Å². The fourth-order valence-electron chi connectivity index (χ4n) is 2.46. The predicted octanol–water partition coefficient (Wildman–Crippen LogP) is 0.471. The molecule has 9 nitrogen and oxygen atoms in total. The monoisotopic (exact) mass is 349 g/mol. The molecule has 0 saturated carbocycles. The molecule has 0 unspecified atom stereocenters. The van der Waals surface area contributed by atoms with E-state index in [1.54, 1.807) is 24.0 Å². The number of hydrogen-bond donors (Lipinski definition) is 0. The molecule has 2 aromatic rings. The van der Waals surface area contributed by atoms with Crippen LogP contribution in [0.2, 0.25) is 0 Å². The van der Waals surface area contributed by atoms with Gasteiger partial charge in [0.2, 0.25) is 16.9 Å². The summed E-state index contributed by atoms with van der Waals surface area (Å²) in [7, 11) is 1.75. The maximum atomic E-state index is 12.3. The first-order valence-electron chi connectivity index (χ1n) is 7.71. The quantitative estimate of drug-likeness (QED) is 0.718. The van der Waals surface area contributed by atoms with Crippen LogP contribution in [0.5, 0.6) is 5.88 Å². The standard InChI is InChI=1S/C14H19N7O2S/c1-10-15-6-3-12(16-10)23-11-4-7-21(8-5-11)13(22)9-24-14-17-18-19-20(14)2/h3,6,11H,4-5,7-9H2,1-2H3. The highest BCUT2D eigenvalue weighted by molar-refractivity contribution is 7.99. The number of piperidine rings is 1. The van der Waals surface area contributed by atoms with Gasteiger partial charge in [-0.2, -0.15) is 4.98 Å². The second-order valence-corrected chi connectivity index (χ2v) is 6.46. The van der Waals surface area contributed by atoms with E-state index in [0.717, 1.165) is 12.8 Å². The molecule has 2 aromatic heterocycles. The van der Waals surface area contributed by atoms with Crippen molar-refractivity contribution in [3.05, 3.63) is 18.1 Å². The lowest BCUT2D eigenvalue weighted by molar-refractivity contribution is -0.130. The molecule has 1 aliphatic rings. The van der Waals surface area contributed by atoms with Gasteiger partial charge in [0, 0.05) is 45.2 Å². The molecule has 3 heterocycles. The Balaban J connectivity index is 1.44. The van der Waals surface area contributed by atoms with Crippen molar-refractivity contribution in [2.75, 3.05) is 18.8 Å². The van der Waals surface area contributed by atoms with Gasteiger partial charge in [0.25, 0.3) is 0 Å². The SMILES string of the molecule is Cc1nccc(OC2CCN(C(=O)CSc3nnnn3C)CC2)n1. The lowest BCUT2D eigenvalue weighted by Gasteiger charge is -2.31. The largest absolute Gasteiger partial charge is 0.474 e. The van der Waals surface area contributed by atoms with Crippen molar-refractivity contribution in [1.29, 1.82) is 0 Å². The molecule has 0 atom stereocenters. The number of thioether (sulfide) groups is 1. The molecule has 1 amide bonds. The maximum Gasteiger partial charge on any atom is 0.233 e. The zero-order valence-corrected chi connectivity index (χ0v) is 14.4. The zero-order chi connectivity index (χ0) is 16.9. The minimum atomic E-state index is 0.0824. The number of rotatable bonds is 5. The average Bonchev–Trinajstić information content (AvgIpc) is 2.98. The molecule has 1 saturated heterocycles. The van der Waals surface area contributed by atoms with Crippen molar-refractivity contribution in [2.24, 2.45) is 7.05 Å². The van der Waals surface area contributed by atoms with Crippen LogP contribution in [0.25, 0.3) is 0 Å². The van der Waals surface area contributed by atoms with Crippen LogP contribution in [-0.4, -0.2) is 65.9 Å². The Morgan fingerprint density at radius 3 is 2.88 bits per heavy atom. The Morgan fingerprint density at radius 2 is 2.21 bits per heavy atom. The van der Waals surface area contributed by atoms with Gasteiger partial charge in [-0.1, -0.05) is 11.8 Å². The van der Waals surface area contributed by atoms with Crippen LogP contribution in [0, 0.1) is 6.92 Å². The lowest BCUT2D eigenvalue weighted by atomic mass is 10.1. The van der Waals surface area contributed by atoms with Crippen molar-refractivity contribution in [2.45, 2.75) is 31.0 Å². The first kappa shape index (κ1) is 16.6. The van der Waals surface area contributed by atoms with Gasteiger partial charge < -0.3 is 9.64 Å². The van der Waals surface area contributed by atoms with E-state index in [4.69, 9.17) is 4.74 Å². The highest BCUT2D eigenvalue weighted by Crippen LogP contribution is 2.19. The van der Waals surface area contributed by atoms with Gasteiger partial charge in [0.05, 0.1) is 5.75 Å². The molecule has 128 valence electrons. The van der Waals surface area contributed by atoms with Gasteiger partial charge in [-0.05, 0) is 17.4 Å². The third kappa shape index (κ3) is 4.19. The van der Waals surface area contributed by atoms with Gasteiger partial charge in [-0.15, -0.1) is 5.10 Å². The molecule has 1 fully saturated rings. The molecule has 24 heavy (non-hydrogen) atoms. The summed E-state index contributed by atoms with van der Waals surface area (Å²) in [6.45, 7) is 3.20. The number of carbonyl (C=O) groups excluding carboxylic acids is 1. The summed E-state index contributed by atoms with van der Waals surface area (Å²) in [6.07, 6.45) is 3.36. The Hall–Kier alpha value is -2.23. The van der Waals surface area contributed by atoms with Crippen LogP contribution in [0.3, 0.4) is 0 Å². The first-order valence-corrected chi connectivity index (χ1v) is 8.69. The lowest BCUT2D eigenvalue weighted by Crippen LogP contribution is -2.42. The second kappa shape index (κ2) is 7.56. The van der Waals surface area contributed by atoms with Crippen molar-refractivity contribution in [1.82, 2.24) is 35.1 Å². The van der Waals surface area contributed by atoms with E-state index in [9.17, 15) is 4.79 Å². The Morgan fingerprint density at radius 1 is 1.42 bits per heavy atom. The second-order valence-electron chi connectivity index (χ2n) is 5.51. The molecule has 0 aromatic carbocycles. The van der Waals surface area contributed by atoms with Crippen molar-refractivity contribution in [3.63, 3.8) is 0 Å². The van der Waals surface area contributed by atoms with Crippen LogP contribution in [0.1, 0.15) is 18.7 Å². The summed E-state index contributed by atoms with van der Waals surface area (Å²) < 4.78 is 7.43. The molecule has 0 aliphatic carbocycles. The summed E-state index contributed by atoms with van der Waals surface area (Å²) in [5.74, 6) is 1.72. The van der Waals surface area contributed by atoms with Crippen LogP contribution in [-0.2, 0) is 11.8 Å². The van der Waals surface area contributed by atoms with E-state index < -0.39 is 0 Å². The summed E-state index contributed by atoms with van der Waals surface area (Å²) >= 11 is 1.35. The number of hydrogen-bond acceptors (Lipinski definition) is 8. The van der Waals surface area contributed by atoms with E-state index in [-0.39, 0.29) is 12.0 Å². The topological polar surface area (TPSA) is 98.9 Å². The van der Waals surface area contributed by atoms with Gasteiger partial charge in [-0.3, -0.25) is 4.79 Å². The maximum absolute atomic E-state index is 12.3. The van der Waals surface area contributed by atoms with Crippen molar-refractivity contribution < 1.29 is 9.53 Å². The smallest absolute Gasteiger partial charge is 0.233 e. The highest BCUT2D eigenvalue weighted by Gasteiger charge is 2.24. The summed E-state index contributed by atoms with van der Waals surface area (Å²) in [5, 5.41) is 11.8. The highest BCUT2D eigenvalue weighted by atomic mass is 32.2. The normalized spacial score (nSPS) is 15.5. The number of ether oxygens (including phenoxy) is 1. The molecular formula is C14H19N7O2S. The van der Waals surface area contributed by atoms with Crippen molar-refractivity contribution in [3.8, 4) is 5.88 Å². The Kier molecular flexibility index (Phi) is 5.24. The molecule has 0 bridgehead atoms. The number of nitrogens with zero attached hydrogens (tertiary/aromatic N) is 7. The zero-order valence-electron chi connectivity index (χ0n) is 13.6. The van der Waals surface area contributed by atoms with Crippen LogP contribution < -0.4 is 4.74 Å². The third-order valence-electron chi connectivity index (χ3n) is 3.74. The minimum Gasteiger partial charge on any atom is -0.474 e. The van der Waals surface area contributed by atoms with Gasteiger partial charge in [0.15, 0.2) is 0 Å². The number of carbonyl (C=O) groups is 1. The fraction of sp³-hybridized carbons (Fsp3) is 0.571. The van der Waals surface area contributed by atoms with Gasteiger partial charge in [-0.25, -0.2) is 9.67 Å². The van der Waals surface area contributed by atoms with E-state index in [1.165, 1.54) is 11.8 Å². The Labute approximate surface area is 143 Å². The van der Waals surface area contributed by atoms with Gasteiger partial charge in [0.1, 0.15) is 11.9 Å². The van der Waals surface area contributed by atoms with E-state index >= 15 is 0 Å². The number of likely N-dealkylation sites (tertiary alicyclic amines) is 1. The minimum absolute atomic E-state index is 0.0824. The van der Waals surface area contributed by atoms with E-state index in [1.807, 2.05) is 11.8 Å². The van der Waals surface area contributed by atoms with Crippen LogP contribution >= 0.6 is 11.8 Å². The molecule has 0 N–H and O–H groups in total. The van der Waals surface area contributed by atoms with Gasteiger partial charge >= 0.3 is 0 Å². The first-order chi connectivity index (χ1) is 11.6. The Bertz CT molecular complexity index is 700. The van der Waals surface area contributed by atoms with E-state index in [2.05, 4.69) is 25.5 Å². The number of tetrazole rings is 1. The summed E-state index contributed by atoms with van der Waals surface area (Å²) in [4.78, 5) is 22.4. The molecule has 10 heteroatoms. The fourth-order valence-corrected chi connectivity index (χ4v) is 3.21. The molecule has 0 spiro atoms. The van der Waals surface area contributed by atoms with E-state index in [0.29, 0.717) is 35.7 Å². The summed E-state index contributed by atoms with van der Waals surface area (Å²) in [5.41, 5.74) is 0. The van der Waals surface area contributed by atoms with Crippen molar-refractivity contribution >= 4 is 17.7 Å². The predicted molar refractivity (Wildman–Crippen MR) is 86.5 cm³/mol. The van der Waals surface area contributed by atoms with Crippen LogP contribution in [0.4, 0.5) is 0 Å². The molecular weight excluding hydrogens is 330 g/mol. The molecule has 0 radical (unpaired) electrons. The molecule has 3 rings (SSSR count). The third-order valence-corrected chi connectivity index (χ3v) is 4.73. The summed E-state index contributed by atoms with van der Waals surface area (Å²) in [6, 6.07) is 1.76. The average molecular weight is 349 g/mol. The number of aryl methyl sites for hydroxylation is 2. The molecule has 1 aliphatic heterocycles. The number of amides is 1. The number of aromatic nitrogens is 6.